The number of aliphatic carboxylic acids is 1. The van der Waals surface area contributed by atoms with E-state index in [-0.39, 0.29) is 13.6 Å². The first-order chi connectivity index (χ1) is 8.69. The third-order valence-corrected chi connectivity index (χ3v) is 5.81. The van der Waals surface area contributed by atoms with E-state index < -0.39 is 28.0 Å². The van der Waals surface area contributed by atoms with E-state index in [1.165, 1.54) is 14.0 Å². The van der Waals surface area contributed by atoms with Gasteiger partial charge in [0.15, 0.2) is 0 Å². The first-order valence-corrected chi connectivity index (χ1v) is 7.91. The smallest absolute Gasteiger partial charge is 0.348 e. The van der Waals surface area contributed by atoms with Crippen LogP contribution in [0.4, 0.5) is 0 Å². The maximum absolute atomic E-state index is 11.9. The summed E-state index contributed by atoms with van der Waals surface area (Å²) in [6, 6.07) is -0.157. The summed E-state index contributed by atoms with van der Waals surface area (Å²) in [7, 11) is -2.86. The summed E-state index contributed by atoms with van der Waals surface area (Å²) >= 11 is 3.91. The Balaban J connectivity index is 3.12. The van der Waals surface area contributed by atoms with Crippen LogP contribution in [0.3, 0.4) is 0 Å². The molecule has 10 heteroatoms. The van der Waals surface area contributed by atoms with Crippen molar-refractivity contribution in [1.29, 1.82) is 0 Å². The summed E-state index contributed by atoms with van der Waals surface area (Å²) in [6.07, 6.45) is 0. The number of thiophene rings is 1. The molecule has 19 heavy (non-hydrogen) atoms. The zero-order valence-corrected chi connectivity index (χ0v) is 13.1. The maximum Gasteiger partial charge on any atom is 0.348 e. The van der Waals surface area contributed by atoms with Gasteiger partial charge in [0.25, 0.3) is 0 Å². The Hall–Kier alpha value is -0.970. The van der Waals surface area contributed by atoms with Crippen LogP contribution in [0.1, 0.15) is 16.6 Å². The van der Waals surface area contributed by atoms with Gasteiger partial charge in [0.05, 0.1) is 10.9 Å². The number of sulfonamides is 1. The number of carbonyl (C=O) groups excluding carboxylic acids is 1. The standard InChI is InChI=1S/C9H10BrNO6S2/c1-4(8(12)13)11-19(15,16)6-3-5(9(14)17-2)18-7(6)10/h3-4,11H,1-2H3,(H,12,13)/t4-/m0/s1. The van der Waals surface area contributed by atoms with Crippen molar-refractivity contribution in [2.45, 2.75) is 17.9 Å². The van der Waals surface area contributed by atoms with E-state index in [0.29, 0.717) is 0 Å². The maximum atomic E-state index is 11.9. The predicted molar refractivity (Wildman–Crippen MR) is 70.8 cm³/mol. The van der Waals surface area contributed by atoms with Crippen LogP contribution in [0.2, 0.25) is 0 Å². The van der Waals surface area contributed by atoms with Crippen molar-refractivity contribution in [2.75, 3.05) is 7.11 Å². The average Bonchev–Trinajstić information content (AvgIpc) is 2.70. The highest BCUT2D eigenvalue weighted by Gasteiger charge is 2.27. The molecular weight excluding hydrogens is 362 g/mol. The van der Waals surface area contributed by atoms with Gasteiger partial charge in [-0.15, -0.1) is 11.3 Å². The van der Waals surface area contributed by atoms with E-state index in [2.05, 4.69) is 20.7 Å². The third-order valence-electron chi connectivity index (χ3n) is 2.03. The number of esters is 1. The molecule has 1 atom stereocenters. The molecule has 1 aromatic rings. The summed E-state index contributed by atoms with van der Waals surface area (Å²) in [6.45, 7) is 1.20. The van der Waals surface area contributed by atoms with E-state index in [4.69, 9.17) is 5.11 Å². The number of ether oxygens (including phenoxy) is 1. The van der Waals surface area contributed by atoms with Crippen LogP contribution < -0.4 is 4.72 Å². The zero-order valence-electron chi connectivity index (χ0n) is 9.84. The number of rotatable bonds is 5. The summed E-state index contributed by atoms with van der Waals surface area (Å²) in [5.41, 5.74) is 0. The quantitative estimate of drug-likeness (QED) is 0.748. The van der Waals surface area contributed by atoms with E-state index >= 15 is 0 Å². The molecule has 0 saturated carbocycles. The van der Waals surface area contributed by atoms with Gasteiger partial charge in [-0.1, -0.05) is 0 Å². The minimum atomic E-state index is -4.03. The lowest BCUT2D eigenvalue weighted by Crippen LogP contribution is -2.38. The summed E-state index contributed by atoms with van der Waals surface area (Å²) < 4.78 is 30.5. The second kappa shape index (κ2) is 5.99. The highest BCUT2D eigenvalue weighted by atomic mass is 79.9. The number of nitrogens with one attached hydrogen (secondary N) is 1. The lowest BCUT2D eigenvalue weighted by Gasteiger charge is -2.09. The number of methoxy groups -OCH3 is 1. The van der Waals surface area contributed by atoms with Gasteiger partial charge < -0.3 is 9.84 Å². The zero-order chi connectivity index (χ0) is 14.8. The number of carboxylic acids is 1. The van der Waals surface area contributed by atoms with E-state index in [0.717, 1.165) is 17.4 Å². The molecule has 1 aromatic heterocycles. The molecule has 106 valence electrons. The molecule has 1 heterocycles. The van der Waals surface area contributed by atoms with Gasteiger partial charge in [-0.05, 0) is 28.9 Å². The fourth-order valence-electron chi connectivity index (χ4n) is 1.08. The highest BCUT2D eigenvalue weighted by molar-refractivity contribution is 9.11. The van der Waals surface area contributed by atoms with Gasteiger partial charge in [-0.2, -0.15) is 4.72 Å². The Morgan fingerprint density at radius 1 is 1.53 bits per heavy atom. The van der Waals surface area contributed by atoms with Crippen LogP contribution in [-0.4, -0.2) is 38.6 Å². The average molecular weight is 372 g/mol. The Morgan fingerprint density at radius 3 is 2.58 bits per heavy atom. The van der Waals surface area contributed by atoms with Crippen molar-refractivity contribution in [3.8, 4) is 0 Å². The highest BCUT2D eigenvalue weighted by Crippen LogP contribution is 2.32. The molecule has 0 aliphatic heterocycles. The minimum Gasteiger partial charge on any atom is -0.480 e. The van der Waals surface area contributed by atoms with Crippen LogP contribution in [0, 0.1) is 0 Å². The van der Waals surface area contributed by atoms with Gasteiger partial charge in [0, 0.05) is 0 Å². The molecule has 0 saturated heterocycles. The number of hydrogen-bond donors (Lipinski definition) is 2. The van der Waals surface area contributed by atoms with Crippen molar-refractivity contribution in [2.24, 2.45) is 0 Å². The van der Waals surface area contributed by atoms with E-state index in [1.807, 2.05) is 4.72 Å². The molecular formula is C9H10BrNO6S2. The number of hydrogen-bond acceptors (Lipinski definition) is 6. The Bertz CT molecular complexity index is 608. The number of halogens is 1. The van der Waals surface area contributed by atoms with Gasteiger partial charge in [0.2, 0.25) is 10.0 Å². The summed E-state index contributed by atoms with van der Waals surface area (Å²) in [4.78, 5) is 21.8. The van der Waals surface area contributed by atoms with Crippen molar-refractivity contribution in [3.05, 3.63) is 14.7 Å². The second-order valence-electron chi connectivity index (χ2n) is 3.42. The van der Waals surface area contributed by atoms with Crippen LogP contribution in [-0.2, 0) is 19.6 Å². The number of carbonyl (C=O) groups is 2. The Labute approximate surface area is 121 Å². The first-order valence-electron chi connectivity index (χ1n) is 4.82. The normalized spacial score (nSPS) is 13.0. The molecule has 0 amide bonds. The predicted octanol–water partition coefficient (Wildman–Crippen LogP) is 1.05. The van der Waals surface area contributed by atoms with Crippen LogP contribution in [0.25, 0.3) is 0 Å². The minimum absolute atomic E-state index is 0.0951. The van der Waals surface area contributed by atoms with Gasteiger partial charge in [0.1, 0.15) is 15.8 Å². The summed E-state index contributed by atoms with van der Waals surface area (Å²) in [5, 5.41) is 8.68. The molecule has 0 aliphatic carbocycles. The third kappa shape index (κ3) is 3.75. The number of carboxylic acid groups (broad SMARTS) is 1. The van der Waals surface area contributed by atoms with Crippen LogP contribution in [0.5, 0.6) is 0 Å². The molecule has 0 aliphatic rings. The molecule has 0 aromatic carbocycles. The van der Waals surface area contributed by atoms with E-state index in [9.17, 15) is 18.0 Å². The monoisotopic (exact) mass is 371 g/mol. The van der Waals surface area contributed by atoms with Gasteiger partial charge >= 0.3 is 11.9 Å². The fraction of sp³-hybridized carbons (Fsp3) is 0.333. The van der Waals surface area contributed by atoms with Gasteiger partial charge in [-0.25, -0.2) is 13.2 Å². The summed E-state index contributed by atoms with van der Waals surface area (Å²) in [5.74, 6) is -1.97. The van der Waals surface area contributed by atoms with E-state index in [1.54, 1.807) is 0 Å². The van der Waals surface area contributed by atoms with Crippen LogP contribution >= 0.6 is 27.3 Å². The van der Waals surface area contributed by atoms with Crippen molar-refractivity contribution < 1.29 is 27.9 Å². The largest absolute Gasteiger partial charge is 0.480 e. The van der Waals surface area contributed by atoms with Crippen molar-refractivity contribution in [3.63, 3.8) is 0 Å². The second-order valence-corrected chi connectivity index (χ2v) is 7.47. The molecule has 0 unspecified atom stereocenters. The van der Waals surface area contributed by atoms with Crippen LogP contribution in [0.15, 0.2) is 14.7 Å². The first kappa shape index (κ1) is 16.1. The molecule has 7 nitrogen and oxygen atoms in total. The van der Waals surface area contributed by atoms with Crippen molar-refractivity contribution in [1.82, 2.24) is 4.72 Å². The molecule has 0 bridgehead atoms. The fourth-order valence-corrected chi connectivity index (χ4v) is 4.76. The van der Waals surface area contributed by atoms with Gasteiger partial charge in [-0.3, -0.25) is 4.79 Å². The SMILES string of the molecule is COC(=O)c1cc(S(=O)(=O)N[C@@H](C)C(=O)O)c(Br)s1. The van der Waals surface area contributed by atoms with Crippen molar-refractivity contribution >= 4 is 49.2 Å². The molecule has 0 radical (unpaired) electrons. The lowest BCUT2D eigenvalue weighted by molar-refractivity contribution is -0.138. The lowest BCUT2D eigenvalue weighted by atomic mass is 10.4. The molecule has 0 fully saturated rings. The molecule has 0 spiro atoms. The Morgan fingerprint density at radius 2 is 2.11 bits per heavy atom. The molecule has 2 N–H and O–H groups in total. The molecule has 1 rings (SSSR count). The topological polar surface area (TPSA) is 110 Å². The Kier molecular flexibility index (Phi) is 5.07.